The molecule has 98 valence electrons. The van der Waals surface area contributed by atoms with E-state index in [0.29, 0.717) is 12.1 Å². The normalized spacial score (nSPS) is 19.7. The van der Waals surface area contributed by atoms with Crippen LogP contribution < -0.4 is 5.32 Å². The number of aromatic nitrogens is 1. The maximum atomic E-state index is 4.08. The van der Waals surface area contributed by atoms with Crippen molar-refractivity contribution in [2.45, 2.75) is 38.3 Å². The van der Waals surface area contributed by atoms with Gasteiger partial charge in [-0.2, -0.15) is 0 Å². The lowest BCUT2D eigenvalue weighted by Crippen LogP contribution is -2.36. The highest BCUT2D eigenvalue weighted by Crippen LogP contribution is 2.23. The molecule has 2 atom stereocenters. The molecule has 0 aliphatic heterocycles. The summed E-state index contributed by atoms with van der Waals surface area (Å²) in [6.07, 6.45) is 7.29. The van der Waals surface area contributed by atoms with Crippen LogP contribution in [-0.2, 0) is 12.8 Å². The summed E-state index contributed by atoms with van der Waals surface area (Å²) in [5.41, 5.74) is 4.35. The number of hydrogen-bond acceptors (Lipinski definition) is 2. The third-order valence-corrected chi connectivity index (χ3v) is 4.04. The zero-order valence-corrected chi connectivity index (χ0v) is 11.3. The summed E-state index contributed by atoms with van der Waals surface area (Å²) in [6, 6.07) is 14.0. The van der Waals surface area contributed by atoms with Gasteiger partial charge in [0.05, 0.1) is 0 Å². The maximum Gasteiger partial charge on any atom is 0.0295 e. The molecule has 1 unspecified atom stereocenters. The number of aryl methyl sites for hydroxylation is 1. The topological polar surface area (TPSA) is 24.9 Å². The Morgan fingerprint density at radius 2 is 1.84 bits per heavy atom. The van der Waals surface area contributed by atoms with Crippen LogP contribution in [0.1, 0.15) is 36.1 Å². The minimum atomic E-state index is 0.387. The van der Waals surface area contributed by atoms with Crippen molar-refractivity contribution in [3.63, 3.8) is 0 Å². The van der Waals surface area contributed by atoms with Crippen LogP contribution in [0.5, 0.6) is 0 Å². The van der Waals surface area contributed by atoms with E-state index in [-0.39, 0.29) is 0 Å². The number of nitrogens with one attached hydrogen (secondary N) is 1. The molecule has 1 aromatic carbocycles. The van der Waals surface area contributed by atoms with Gasteiger partial charge in [-0.3, -0.25) is 4.98 Å². The standard InChI is InChI=1S/C17H20N2/c1-13(14-8-10-18-11-9-14)19-17-7-6-15-4-2-3-5-16(15)12-17/h2-5,8-11,13,17,19H,6-7,12H2,1H3/t13-,17?/m0/s1. The van der Waals surface area contributed by atoms with Crippen LogP contribution in [0.4, 0.5) is 0 Å². The molecular formula is C17H20N2. The van der Waals surface area contributed by atoms with Crippen molar-refractivity contribution in [1.29, 1.82) is 0 Å². The van der Waals surface area contributed by atoms with Crippen molar-refractivity contribution < 1.29 is 0 Å². The van der Waals surface area contributed by atoms with Crippen molar-refractivity contribution in [2.24, 2.45) is 0 Å². The van der Waals surface area contributed by atoms with E-state index in [0.717, 1.165) is 6.42 Å². The Morgan fingerprint density at radius 3 is 2.63 bits per heavy atom. The van der Waals surface area contributed by atoms with E-state index in [4.69, 9.17) is 0 Å². The zero-order valence-electron chi connectivity index (χ0n) is 11.3. The average Bonchev–Trinajstić information content (AvgIpc) is 2.48. The second-order valence-corrected chi connectivity index (χ2v) is 5.38. The van der Waals surface area contributed by atoms with Gasteiger partial charge < -0.3 is 5.32 Å². The van der Waals surface area contributed by atoms with Crippen molar-refractivity contribution in [3.05, 3.63) is 65.5 Å². The predicted molar refractivity (Wildman–Crippen MR) is 78.0 cm³/mol. The number of pyridine rings is 1. The molecule has 0 spiro atoms. The lowest BCUT2D eigenvalue weighted by Gasteiger charge is -2.28. The molecule has 2 nitrogen and oxygen atoms in total. The Kier molecular flexibility index (Phi) is 3.60. The first-order chi connectivity index (χ1) is 9.33. The Morgan fingerprint density at radius 1 is 1.11 bits per heavy atom. The fraction of sp³-hybridized carbons (Fsp3) is 0.353. The van der Waals surface area contributed by atoms with Gasteiger partial charge in [-0.25, -0.2) is 0 Å². The van der Waals surface area contributed by atoms with Gasteiger partial charge in [-0.1, -0.05) is 24.3 Å². The fourth-order valence-corrected chi connectivity index (χ4v) is 2.94. The molecule has 1 N–H and O–H groups in total. The molecule has 2 heteroatoms. The summed E-state index contributed by atoms with van der Waals surface area (Å²) >= 11 is 0. The van der Waals surface area contributed by atoms with Gasteiger partial charge in [-0.05, 0) is 55.0 Å². The average molecular weight is 252 g/mol. The summed E-state index contributed by atoms with van der Waals surface area (Å²) in [5, 5.41) is 3.75. The van der Waals surface area contributed by atoms with Crippen LogP contribution in [0.2, 0.25) is 0 Å². The summed E-state index contributed by atoms with van der Waals surface area (Å²) in [4.78, 5) is 4.08. The molecule has 1 heterocycles. The van der Waals surface area contributed by atoms with Gasteiger partial charge in [0.2, 0.25) is 0 Å². The molecule has 1 aliphatic rings. The molecule has 3 rings (SSSR count). The number of hydrogen-bond donors (Lipinski definition) is 1. The second-order valence-electron chi connectivity index (χ2n) is 5.38. The van der Waals surface area contributed by atoms with Crippen molar-refractivity contribution in [2.75, 3.05) is 0 Å². The van der Waals surface area contributed by atoms with E-state index >= 15 is 0 Å². The van der Waals surface area contributed by atoms with Crippen molar-refractivity contribution in [3.8, 4) is 0 Å². The Labute approximate surface area is 114 Å². The molecule has 0 fully saturated rings. The minimum absolute atomic E-state index is 0.387. The van der Waals surface area contributed by atoms with E-state index in [9.17, 15) is 0 Å². The van der Waals surface area contributed by atoms with Crippen molar-refractivity contribution >= 4 is 0 Å². The van der Waals surface area contributed by atoms with Gasteiger partial charge in [0.15, 0.2) is 0 Å². The predicted octanol–water partition coefficient (Wildman–Crippen LogP) is 3.29. The van der Waals surface area contributed by atoms with E-state index in [1.165, 1.54) is 29.5 Å². The Hall–Kier alpha value is -1.67. The number of benzene rings is 1. The molecule has 0 amide bonds. The molecule has 0 saturated heterocycles. The Bertz CT molecular complexity index is 536. The van der Waals surface area contributed by atoms with Gasteiger partial charge >= 0.3 is 0 Å². The maximum absolute atomic E-state index is 4.08. The Balaban J connectivity index is 1.66. The third-order valence-electron chi connectivity index (χ3n) is 4.04. The van der Waals surface area contributed by atoms with Crippen LogP contribution in [0, 0.1) is 0 Å². The lowest BCUT2D eigenvalue weighted by molar-refractivity contribution is 0.413. The summed E-state index contributed by atoms with van der Waals surface area (Å²) in [6.45, 7) is 2.23. The largest absolute Gasteiger partial charge is 0.307 e. The highest BCUT2D eigenvalue weighted by molar-refractivity contribution is 5.30. The lowest BCUT2D eigenvalue weighted by atomic mass is 9.88. The van der Waals surface area contributed by atoms with Gasteiger partial charge in [0.25, 0.3) is 0 Å². The first-order valence-electron chi connectivity index (χ1n) is 7.05. The van der Waals surface area contributed by atoms with Crippen LogP contribution >= 0.6 is 0 Å². The second kappa shape index (κ2) is 5.54. The van der Waals surface area contributed by atoms with Gasteiger partial charge in [-0.15, -0.1) is 0 Å². The van der Waals surface area contributed by atoms with E-state index in [2.05, 4.69) is 53.6 Å². The summed E-state index contributed by atoms with van der Waals surface area (Å²) < 4.78 is 0. The first kappa shape index (κ1) is 12.4. The fourth-order valence-electron chi connectivity index (χ4n) is 2.94. The quantitative estimate of drug-likeness (QED) is 0.906. The van der Waals surface area contributed by atoms with E-state index in [1.807, 2.05) is 12.4 Å². The van der Waals surface area contributed by atoms with E-state index in [1.54, 1.807) is 0 Å². The zero-order chi connectivity index (χ0) is 13.1. The molecule has 2 aromatic rings. The molecular weight excluding hydrogens is 232 g/mol. The molecule has 0 bridgehead atoms. The molecule has 0 saturated carbocycles. The molecule has 1 aliphatic carbocycles. The van der Waals surface area contributed by atoms with Crippen LogP contribution in [0.25, 0.3) is 0 Å². The highest BCUT2D eigenvalue weighted by Gasteiger charge is 2.19. The van der Waals surface area contributed by atoms with Crippen LogP contribution in [-0.4, -0.2) is 11.0 Å². The van der Waals surface area contributed by atoms with Crippen LogP contribution in [0.15, 0.2) is 48.8 Å². The molecule has 19 heavy (non-hydrogen) atoms. The van der Waals surface area contributed by atoms with E-state index < -0.39 is 0 Å². The molecule has 0 radical (unpaired) electrons. The third kappa shape index (κ3) is 2.85. The number of nitrogens with zero attached hydrogens (tertiary/aromatic N) is 1. The van der Waals surface area contributed by atoms with Gasteiger partial charge in [0, 0.05) is 24.5 Å². The van der Waals surface area contributed by atoms with Crippen LogP contribution in [0.3, 0.4) is 0 Å². The first-order valence-corrected chi connectivity index (χ1v) is 7.05. The van der Waals surface area contributed by atoms with Crippen molar-refractivity contribution in [1.82, 2.24) is 10.3 Å². The molecule has 1 aromatic heterocycles. The summed E-state index contributed by atoms with van der Waals surface area (Å²) in [5.74, 6) is 0. The smallest absolute Gasteiger partial charge is 0.0295 e. The number of fused-ring (bicyclic) bond motifs is 1. The highest BCUT2D eigenvalue weighted by atomic mass is 14.9. The number of rotatable bonds is 3. The minimum Gasteiger partial charge on any atom is -0.307 e. The van der Waals surface area contributed by atoms with Gasteiger partial charge in [0.1, 0.15) is 0 Å². The monoisotopic (exact) mass is 252 g/mol. The summed E-state index contributed by atoms with van der Waals surface area (Å²) in [7, 11) is 0. The SMILES string of the molecule is C[C@H](NC1CCc2ccccc2C1)c1ccncc1.